The molecule has 1 unspecified atom stereocenters. The van der Waals surface area contributed by atoms with Gasteiger partial charge in [0.05, 0.1) is 7.11 Å². The van der Waals surface area contributed by atoms with E-state index in [0.29, 0.717) is 24.5 Å². The molecule has 1 fully saturated rings. The van der Waals surface area contributed by atoms with Crippen LogP contribution in [0.1, 0.15) is 5.56 Å². The molecular formula is C22H27N3O5. The van der Waals surface area contributed by atoms with Crippen molar-refractivity contribution in [3.05, 3.63) is 54.1 Å². The van der Waals surface area contributed by atoms with Gasteiger partial charge >= 0.3 is 6.03 Å². The number of carbonyl (C=O) groups is 2. The third-order valence-electron chi connectivity index (χ3n) is 4.84. The van der Waals surface area contributed by atoms with Crippen molar-refractivity contribution in [2.45, 2.75) is 13.0 Å². The fourth-order valence-electron chi connectivity index (χ4n) is 3.16. The quantitative estimate of drug-likeness (QED) is 0.456. The number of anilines is 1. The van der Waals surface area contributed by atoms with Crippen LogP contribution < -0.4 is 19.7 Å². The van der Waals surface area contributed by atoms with Crippen molar-refractivity contribution in [2.24, 2.45) is 0 Å². The number of rotatable bonds is 10. The van der Waals surface area contributed by atoms with Gasteiger partial charge in [-0.05, 0) is 30.7 Å². The molecule has 2 aromatic rings. The number of para-hydroxylation sites is 1. The van der Waals surface area contributed by atoms with Crippen molar-refractivity contribution in [1.82, 2.24) is 10.2 Å². The Balaban J connectivity index is 1.42. The van der Waals surface area contributed by atoms with Crippen LogP contribution in [0.15, 0.2) is 48.5 Å². The first-order valence-corrected chi connectivity index (χ1v) is 9.82. The lowest BCUT2D eigenvalue weighted by Crippen LogP contribution is -2.40. The van der Waals surface area contributed by atoms with Gasteiger partial charge in [0.25, 0.3) is 5.91 Å². The van der Waals surface area contributed by atoms with Gasteiger partial charge in [-0.3, -0.25) is 14.6 Å². The zero-order valence-corrected chi connectivity index (χ0v) is 17.2. The van der Waals surface area contributed by atoms with Gasteiger partial charge in [0, 0.05) is 31.4 Å². The molecule has 0 radical (unpaired) electrons. The Bertz CT molecular complexity index is 889. The predicted octanol–water partition coefficient (Wildman–Crippen LogP) is 1.80. The standard InChI is InChI=1S/C22H27N3O5/c1-16-6-3-4-9-20(16)30-15-18(26)13-23-10-11-24-21(27)14-25(22(24)28)17-7-5-8-19(12-17)29-2/h3-9,12,18,23,26H,10-11,13-15H2,1-2H3. The zero-order valence-electron chi connectivity index (χ0n) is 17.2. The molecule has 8 nitrogen and oxygen atoms in total. The third-order valence-corrected chi connectivity index (χ3v) is 4.84. The lowest BCUT2D eigenvalue weighted by atomic mass is 10.2. The number of benzene rings is 2. The molecule has 1 atom stereocenters. The maximum absolute atomic E-state index is 12.6. The minimum atomic E-state index is -0.706. The van der Waals surface area contributed by atoms with Crippen molar-refractivity contribution < 1.29 is 24.2 Å². The Morgan fingerprint density at radius 3 is 2.73 bits per heavy atom. The summed E-state index contributed by atoms with van der Waals surface area (Å²) < 4.78 is 10.8. The second-order valence-electron chi connectivity index (χ2n) is 7.05. The number of methoxy groups -OCH3 is 1. The highest BCUT2D eigenvalue weighted by Gasteiger charge is 2.36. The summed E-state index contributed by atoms with van der Waals surface area (Å²) in [6.45, 7) is 3.00. The fraction of sp³-hybridized carbons (Fsp3) is 0.364. The van der Waals surface area contributed by atoms with E-state index in [1.54, 1.807) is 31.4 Å². The Labute approximate surface area is 176 Å². The number of hydrogen-bond acceptors (Lipinski definition) is 6. The Morgan fingerprint density at radius 1 is 1.17 bits per heavy atom. The summed E-state index contributed by atoms with van der Waals surface area (Å²) in [5.74, 6) is 1.10. The smallest absolute Gasteiger partial charge is 0.331 e. The molecule has 0 aliphatic carbocycles. The van der Waals surface area contributed by atoms with Crippen molar-refractivity contribution in [3.8, 4) is 11.5 Å². The van der Waals surface area contributed by atoms with Gasteiger partial charge in [-0.1, -0.05) is 24.3 Å². The number of nitrogens with zero attached hydrogens (tertiary/aromatic N) is 2. The number of nitrogens with one attached hydrogen (secondary N) is 1. The lowest BCUT2D eigenvalue weighted by molar-refractivity contribution is -0.124. The Morgan fingerprint density at radius 2 is 1.97 bits per heavy atom. The van der Waals surface area contributed by atoms with Crippen molar-refractivity contribution in [2.75, 3.05) is 44.8 Å². The van der Waals surface area contributed by atoms with Gasteiger partial charge in [-0.25, -0.2) is 4.79 Å². The summed E-state index contributed by atoms with van der Waals surface area (Å²) in [5, 5.41) is 13.1. The molecule has 2 N–H and O–H groups in total. The monoisotopic (exact) mass is 413 g/mol. The van der Waals surface area contributed by atoms with Crippen molar-refractivity contribution >= 4 is 17.6 Å². The maximum atomic E-state index is 12.6. The SMILES string of the molecule is COc1cccc(N2CC(=O)N(CCNCC(O)COc3ccccc3C)C2=O)c1. The molecule has 1 heterocycles. The molecule has 1 aliphatic rings. The summed E-state index contributed by atoms with van der Waals surface area (Å²) in [6, 6.07) is 14.3. The van der Waals surface area contributed by atoms with Crippen LogP contribution >= 0.6 is 0 Å². The summed E-state index contributed by atoms with van der Waals surface area (Å²) in [6.07, 6.45) is -0.706. The highest BCUT2D eigenvalue weighted by atomic mass is 16.5. The summed E-state index contributed by atoms with van der Waals surface area (Å²) in [5.41, 5.74) is 1.62. The van der Waals surface area contributed by atoms with Gasteiger partial charge < -0.3 is 19.9 Å². The number of aliphatic hydroxyl groups is 1. The van der Waals surface area contributed by atoms with E-state index < -0.39 is 6.10 Å². The van der Waals surface area contributed by atoms with Crippen LogP contribution in [-0.4, -0.2) is 67.9 Å². The topological polar surface area (TPSA) is 91.3 Å². The highest BCUT2D eigenvalue weighted by Crippen LogP contribution is 2.24. The van der Waals surface area contributed by atoms with E-state index in [1.165, 1.54) is 9.80 Å². The van der Waals surface area contributed by atoms with Gasteiger partial charge in [0.1, 0.15) is 30.8 Å². The van der Waals surface area contributed by atoms with Crippen molar-refractivity contribution in [3.63, 3.8) is 0 Å². The molecule has 0 bridgehead atoms. The van der Waals surface area contributed by atoms with Crippen LogP contribution in [0.25, 0.3) is 0 Å². The second kappa shape index (κ2) is 10.1. The lowest BCUT2D eigenvalue weighted by Gasteiger charge is -2.18. The van der Waals surface area contributed by atoms with Crippen LogP contribution in [-0.2, 0) is 4.79 Å². The van der Waals surface area contributed by atoms with E-state index in [4.69, 9.17) is 9.47 Å². The van der Waals surface area contributed by atoms with Crippen molar-refractivity contribution in [1.29, 1.82) is 0 Å². The molecule has 0 spiro atoms. The number of urea groups is 1. The minimum absolute atomic E-state index is 0.00110. The normalized spacial score (nSPS) is 14.9. The molecule has 2 aromatic carbocycles. The largest absolute Gasteiger partial charge is 0.497 e. The van der Waals surface area contributed by atoms with Gasteiger partial charge in [-0.2, -0.15) is 0 Å². The summed E-state index contributed by atoms with van der Waals surface area (Å²) in [7, 11) is 1.55. The summed E-state index contributed by atoms with van der Waals surface area (Å²) in [4.78, 5) is 27.5. The molecule has 1 saturated heterocycles. The zero-order chi connectivity index (χ0) is 21.5. The molecule has 3 rings (SSSR count). The number of ether oxygens (including phenoxy) is 2. The van der Waals surface area contributed by atoms with Gasteiger partial charge in [0.2, 0.25) is 0 Å². The van der Waals surface area contributed by atoms with Crippen LogP contribution in [0.4, 0.5) is 10.5 Å². The predicted molar refractivity (Wildman–Crippen MR) is 113 cm³/mol. The van der Waals surface area contributed by atoms with E-state index in [9.17, 15) is 14.7 Å². The first-order valence-electron chi connectivity index (χ1n) is 9.82. The van der Waals surface area contributed by atoms with Crippen LogP contribution in [0.5, 0.6) is 11.5 Å². The molecule has 8 heteroatoms. The number of aryl methyl sites for hydroxylation is 1. The van der Waals surface area contributed by atoms with Crippen LogP contribution in [0, 0.1) is 6.92 Å². The molecule has 0 saturated carbocycles. The second-order valence-corrected chi connectivity index (χ2v) is 7.05. The molecule has 1 aliphatic heterocycles. The van der Waals surface area contributed by atoms with E-state index >= 15 is 0 Å². The molecule has 0 aromatic heterocycles. The molecule has 3 amide bonds. The Kier molecular flexibility index (Phi) is 7.26. The maximum Gasteiger partial charge on any atom is 0.331 e. The number of amides is 3. The fourth-order valence-corrected chi connectivity index (χ4v) is 3.16. The average molecular weight is 413 g/mol. The number of carbonyl (C=O) groups excluding carboxylic acids is 2. The van der Waals surface area contributed by atoms with Gasteiger partial charge in [-0.15, -0.1) is 0 Å². The third kappa shape index (κ3) is 5.28. The van der Waals surface area contributed by atoms with E-state index in [0.717, 1.165) is 11.3 Å². The highest BCUT2D eigenvalue weighted by molar-refractivity contribution is 6.12. The first-order chi connectivity index (χ1) is 14.5. The van der Waals surface area contributed by atoms with Crippen LogP contribution in [0.3, 0.4) is 0 Å². The number of imide groups is 1. The number of aliphatic hydroxyl groups excluding tert-OH is 1. The first kappa shape index (κ1) is 21.6. The van der Waals surface area contributed by atoms with E-state index in [1.807, 2.05) is 31.2 Å². The van der Waals surface area contributed by atoms with E-state index in [-0.39, 0.29) is 31.6 Å². The average Bonchev–Trinajstić information content (AvgIpc) is 3.04. The van der Waals surface area contributed by atoms with E-state index in [2.05, 4.69) is 5.32 Å². The summed E-state index contributed by atoms with van der Waals surface area (Å²) >= 11 is 0. The Hall–Kier alpha value is -3.10. The molecule has 160 valence electrons. The van der Waals surface area contributed by atoms with Crippen LogP contribution in [0.2, 0.25) is 0 Å². The minimum Gasteiger partial charge on any atom is -0.497 e. The van der Waals surface area contributed by atoms with Gasteiger partial charge in [0.15, 0.2) is 0 Å². The molecule has 30 heavy (non-hydrogen) atoms. The molecular weight excluding hydrogens is 386 g/mol. The number of hydrogen-bond donors (Lipinski definition) is 2.